The van der Waals surface area contributed by atoms with E-state index in [0.717, 1.165) is 19.3 Å². The van der Waals surface area contributed by atoms with Gasteiger partial charge < -0.3 is 10.2 Å². The first-order valence-electron chi connectivity index (χ1n) is 8.48. The van der Waals surface area contributed by atoms with Gasteiger partial charge in [-0.05, 0) is 84.5 Å². The molecule has 0 amide bonds. The number of aliphatic hydroxyl groups is 1. The number of aliphatic hydroxyl groups excluding tert-OH is 1. The molecule has 0 spiro atoms. The lowest BCUT2D eigenvalue weighted by Gasteiger charge is -2.51. The van der Waals surface area contributed by atoms with Crippen molar-refractivity contribution >= 4 is 0 Å². The molecule has 3 unspecified atom stereocenters. The van der Waals surface area contributed by atoms with Gasteiger partial charge in [0.15, 0.2) is 0 Å². The lowest BCUT2D eigenvalue weighted by atomic mass is 9.53. The van der Waals surface area contributed by atoms with E-state index in [0.29, 0.717) is 34.8 Å². The molecule has 3 aliphatic rings. The first-order valence-corrected chi connectivity index (χ1v) is 8.48. The lowest BCUT2D eigenvalue weighted by molar-refractivity contribution is 0.0313. The van der Waals surface area contributed by atoms with E-state index in [4.69, 9.17) is 0 Å². The van der Waals surface area contributed by atoms with Crippen molar-refractivity contribution in [3.63, 3.8) is 0 Å². The van der Waals surface area contributed by atoms with Crippen LogP contribution >= 0.6 is 0 Å². The number of fused-ring (bicyclic) bond motifs is 5. The van der Waals surface area contributed by atoms with Crippen LogP contribution in [0.2, 0.25) is 0 Å². The highest BCUT2D eigenvalue weighted by Gasteiger charge is 2.54. The summed E-state index contributed by atoms with van der Waals surface area (Å²) in [6, 6.07) is 5.98. The summed E-state index contributed by atoms with van der Waals surface area (Å²) in [7, 11) is 0. The van der Waals surface area contributed by atoms with E-state index in [9.17, 15) is 10.2 Å². The Balaban J connectivity index is 1.75. The molecule has 2 nitrogen and oxygen atoms in total. The first-order chi connectivity index (χ1) is 9.98. The predicted octanol–water partition coefficient (Wildman–Crippen LogP) is 3.86. The summed E-state index contributed by atoms with van der Waals surface area (Å²) >= 11 is 0. The predicted molar refractivity (Wildman–Crippen MR) is 83.3 cm³/mol. The molecule has 4 rings (SSSR count). The Morgan fingerprint density at radius 2 is 2.10 bits per heavy atom. The summed E-state index contributed by atoms with van der Waals surface area (Å²) in [5, 5.41) is 20.0. The fourth-order valence-electron chi connectivity index (χ4n) is 5.99. The highest BCUT2D eigenvalue weighted by molar-refractivity contribution is 5.40. The highest BCUT2D eigenvalue weighted by Crippen LogP contribution is 2.62. The molecule has 114 valence electrons. The molecular formula is C19H26O2. The molecule has 0 aromatic heterocycles. The summed E-state index contributed by atoms with van der Waals surface area (Å²) in [4.78, 5) is 0. The van der Waals surface area contributed by atoms with Crippen LogP contribution in [0.3, 0.4) is 0 Å². The zero-order valence-electron chi connectivity index (χ0n) is 13.0. The zero-order chi connectivity index (χ0) is 14.8. The van der Waals surface area contributed by atoms with Gasteiger partial charge >= 0.3 is 0 Å². The highest BCUT2D eigenvalue weighted by atomic mass is 16.3. The Bertz CT molecular complexity index is 567. The van der Waals surface area contributed by atoms with Crippen LogP contribution in [0.1, 0.15) is 56.6 Å². The monoisotopic (exact) mass is 286 g/mol. The molecule has 2 saturated carbocycles. The molecule has 2 N–H and O–H groups in total. The van der Waals surface area contributed by atoms with Gasteiger partial charge in [-0.3, -0.25) is 0 Å². The van der Waals surface area contributed by atoms with Crippen molar-refractivity contribution in [1.29, 1.82) is 0 Å². The summed E-state index contributed by atoms with van der Waals surface area (Å²) in [5.41, 5.74) is 3.17. The largest absolute Gasteiger partial charge is 0.508 e. The second-order valence-corrected chi connectivity index (χ2v) is 8.14. The Hall–Kier alpha value is -1.02. The van der Waals surface area contributed by atoms with E-state index in [1.165, 1.54) is 24.0 Å². The van der Waals surface area contributed by atoms with Gasteiger partial charge in [-0.2, -0.15) is 0 Å². The first kappa shape index (κ1) is 13.6. The molecule has 3 aliphatic carbocycles. The van der Waals surface area contributed by atoms with E-state index in [1.54, 1.807) is 0 Å². The van der Waals surface area contributed by atoms with Crippen LogP contribution in [0.25, 0.3) is 0 Å². The summed E-state index contributed by atoms with van der Waals surface area (Å²) in [6.07, 6.45) is 5.46. The summed E-state index contributed by atoms with van der Waals surface area (Å²) in [6.45, 7) is 4.78. The van der Waals surface area contributed by atoms with Gasteiger partial charge in [0.1, 0.15) is 5.75 Å². The van der Waals surface area contributed by atoms with Crippen LogP contribution in [0.15, 0.2) is 18.2 Å². The second-order valence-electron chi connectivity index (χ2n) is 8.14. The van der Waals surface area contributed by atoms with E-state index in [-0.39, 0.29) is 6.10 Å². The van der Waals surface area contributed by atoms with Gasteiger partial charge in [0.25, 0.3) is 0 Å². The average Bonchev–Trinajstić information content (AvgIpc) is 2.72. The molecule has 0 heterocycles. The molecule has 0 aliphatic heterocycles. The number of phenolic OH excluding ortho intramolecular Hbond substituents is 1. The molecule has 0 saturated heterocycles. The normalized spacial score (nSPS) is 44.8. The smallest absolute Gasteiger partial charge is 0.115 e. The number of benzene rings is 1. The fraction of sp³-hybridized carbons (Fsp3) is 0.684. The molecule has 2 fully saturated rings. The summed E-state index contributed by atoms with van der Waals surface area (Å²) < 4.78 is 0. The van der Waals surface area contributed by atoms with Crippen LogP contribution < -0.4 is 0 Å². The van der Waals surface area contributed by atoms with Gasteiger partial charge in [0.05, 0.1) is 6.10 Å². The maximum absolute atomic E-state index is 10.2. The van der Waals surface area contributed by atoms with Gasteiger partial charge in [-0.1, -0.05) is 19.9 Å². The second kappa shape index (κ2) is 4.49. The number of rotatable bonds is 0. The van der Waals surface area contributed by atoms with E-state index < -0.39 is 0 Å². The molecule has 6 atom stereocenters. The van der Waals surface area contributed by atoms with Gasteiger partial charge in [0, 0.05) is 0 Å². The number of hydrogen-bond donors (Lipinski definition) is 2. The standard InChI is InChI=1S/C19H26O2/c1-11-7-12-8-13(20)3-4-15(12)16-5-6-19(2)10-14(21)9-17(19)18(11)16/h3-4,8,11,14,16-18,20-21H,5-7,9-10H2,1-2H3/t11-,14-,16?,17?,18?,19-/m1/s1. The molecular weight excluding hydrogens is 260 g/mol. The minimum atomic E-state index is -0.0906. The third-order valence-electron chi connectivity index (χ3n) is 6.80. The topological polar surface area (TPSA) is 40.5 Å². The Labute approximate surface area is 127 Å². The van der Waals surface area contributed by atoms with Crippen molar-refractivity contribution in [1.82, 2.24) is 0 Å². The average molecular weight is 286 g/mol. The maximum Gasteiger partial charge on any atom is 0.115 e. The number of hydrogen-bond acceptors (Lipinski definition) is 2. The Morgan fingerprint density at radius 3 is 2.90 bits per heavy atom. The zero-order valence-corrected chi connectivity index (χ0v) is 13.0. The van der Waals surface area contributed by atoms with E-state index in [2.05, 4.69) is 19.9 Å². The molecule has 1 aromatic rings. The number of phenols is 1. The van der Waals surface area contributed by atoms with E-state index >= 15 is 0 Å². The molecule has 21 heavy (non-hydrogen) atoms. The van der Waals surface area contributed by atoms with Crippen LogP contribution in [0.4, 0.5) is 0 Å². The van der Waals surface area contributed by atoms with Crippen molar-refractivity contribution in [2.75, 3.05) is 0 Å². The van der Waals surface area contributed by atoms with Crippen LogP contribution in [-0.4, -0.2) is 16.3 Å². The minimum absolute atomic E-state index is 0.0906. The molecule has 2 heteroatoms. The van der Waals surface area contributed by atoms with Crippen molar-refractivity contribution in [2.24, 2.45) is 23.2 Å². The quantitative estimate of drug-likeness (QED) is 0.760. The van der Waals surface area contributed by atoms with Crippen LogP contribution in [-0.2, 0) is 6.42 Å². The van der Waals surface area contributed by atoms with E-state index in [1.807, 2.05) is 12.1 Å². The molecule has 0 radical (unpaired) electrons. The van der Waals surface area contributed by atoms with Crippen molar-refractivity contribution in [3.8, 4) is 5.75 Å². The third-order valence-corrected chi connectivity index (χ3v) is 6.80. The van der Waals surface area contributed by atoms with Gasteiger partial charge in [0.2, 0.25) is 0 Å². The molecule has 1 aromatic carbocycles. The minimum Gasteiger partial charge on any atom is -0.508 e. The van der Waals surface area contributed by atoms with Crippen molar-refractivity contribution < 1.29 is 10.2 Å². The van der Waals surface area contributed by atoms with Crippen LogP contribution in [0.5, 0.6) is 5.75 Å². The van der Waals surface area contributed by atoms with Crippen LogP contribution in [0, 0.1) is 23.2 Å². The Kier molecular flexibility index (Phi) is 2.91. The fourth-order valence-corrected chi connectivity index (χ4v) is 5.99. The SMILES string of the molecule is C[C@@H]1Cc2cc(O)ccc2C2CC[C@]3(C)C[C@H](O)CC3C21. The lowest BCUT2D eigenvalue weighted by Crippen LogP contribution is -2.43. The number of aromatic hydroxyl groups is 1. The van der Waals surface area contributed by atoms with Crippen molar-refractivity contribution in [3.05, 3.63) is 29.3 Å². The third kappa shape index (κ3) is 1.95. The van der Waals surface area contributed by atoms with Crippen molar-refractivity contribution in [2.45, 2.75) is 58.0 Å². The maximum atomic E-state index is 10.2. The summed E-state index contributed by atoms with van der Waals surface area (Å²) in [5.74, 6) is 3.06. The van der Waals surface area contributed by atoms with Gasteiger partial charge in [-0.15, -0.1) is 0 Å². The Morgan fingerprint density at radius 1 is 1.29 bits per heavy atom. The van der Waals surface area contributed by atoms with Gasteiger partial charge in [-0.25, -0.2) is 0 Å². The molecule has 0 bridgehead atoms.